The summed E-state index contributed by atoms with van der Waals surface area (Å²) >= 11 is 0. The van der Waals surface area contributed by atoms with Crippen LogP contribution in [0.1, 0.15) is 34.0 Å². The average molecular weight is 541 g/mol. The van der Waals surface area contributed by atoms with Gasteiger partial charge in [-0.25, -0.2) is 9.36 Å². The van der Waals surface area contributed by atoms with Crippen molar-refractivity contribution in [3.63, 3.8) is 0 Å². The first-order valence-corrected chi connectivity index (χ1v) is 12.8. The highest BCUT2D eigenvalue weighted by Crippen LogP contribution is 2.42. The summed E-state index contributed by atoms with van der Waals surface area (Å²) in [4.78, 5) is 28.5. The standard InChI is InChI=1S/C31H32N4O5/c1-19-26(30(37)34(32(19)3)22-13-9-7-10-14-22)28(21-17-24(39-5)29(36)25(18-21)40-6)27-20(2)33(4)35(31(27)38)23-15-11-8-12-16-23/h7-18,28,36H,1-6H3. The lowest BCUT2D eigenvalue weighted by Gasteiger charge is -2.19. The molecule has 0 saturated carbocycles. The van der Waals surface area contributed by atoms with Crippen LogP contribution < -0.4 is 20.6 Å². The number of para-hydroxylation sites is 2. The summed E-state index contributed by atoms with van der Waals surface area (Å²) in [5, 5.41) is 10.7. The maximum atomic E-state index is 14.3. The Morgan fingerprint density at radius 1 is 0.675 bits per heavy atom. The Balaban J connectivity index is 1.89. The van der Waals surface area contributed by atoms with E-state index in [2.05, 4.69) is 0 Å². The van der Waals surface area contributed by atoms with Crippen molar-refractivity contribution in [2.75, 3.05) is 14.2 Å². The fourth-order valence-corrected chi connectivity index (χ4v) is 5.40. The molecule has 206 valence electrons. The number of nitrogens with zero attached hydrogens (tertiary/aromatic N) is 4. The van der Waals surface area contributed by atoms with Gasteiger partial charge in [0.25, 0.3) is 11.1 Å². The molecule has 40 heavy (non-hydrogen) atoms. The van der Waals surface area contributed by atoms with E-state index in [1.54, 1.807) is 30.9 Å². The average Bonchev–Trinajstić information content (AvgIpc) is 3.32. The molecule has 0 atom stereocenters. The van der Waals surface area contributed by atoms with Gasteiger partial charge in [0.05, 0.1) is 36.7 Å². The molecule has 0 amide bonds. The molecular formula is C31H32N4O5. The molecule has 3 aromatic carbocycles. The Kier molecular flexibility index (Phi) is 6.89. The van der Waals surface area contributed by atoms with E-state index in [0.717, 1.165) is 0 Å². The molecule has 0 fully saturated rings. The van der Waals surface area contributed by atoms with Crippen molar-refractivity contribution in [2.45, 2.75) is 19.8 Å². The molecule has 0 spiro atoms. The summed E-state index contributed by atoms with van der Waals surface area (Å²) in [6, 6.07) is 22.0. The highest BCUT2D eigenvalue weighted by atomic mass is 16.5. The minimum absolute atomic E-state index is 0.162. The number of ether oxygens (including phenoxy) is 2. The van der Waals surface area contributed by atoms with E-state index in [9.17, 15) is 14.7 Å². The number of hydrogen-bond donors (Lipinski definition) is 1. The largest absolute Gasteiger partial charge is 0.502 e. The van der Waals surface area contributed by atoms with Gasteiger partial charge >= 0.3 is 0 Å². The van der Waals surface area contributed by atoms with E-state index in [0.29, 0.717) is 39.5 Å². The molecule has 0 bridgehead atoms. The van der Waals surface area contributed by atoms with Gasteiger partial charge in [0, 0.05) is 31.4 Å². The van der Waals surface area contributed by atoms with E-state index in [-0.39, 0.29) is 28.4 Å². The molecule has 2 heterocycles. The molecule has 0 radical (unpaired) electrons. The molecule has 9 heteroatoms. The molecule has 0 unspecified atom stereocenters. The number of hydrogen-bond acceptors (Lipinski definition) is 5. The van der Waals surface area contributed by atoms with Crippen molar-refractivity contribution < 1.29 is 14.6 Å². The maximum Gasteiger partial charge on any atom is 0.275 e. The van der Waals surface area contributed by atoms with Crippen molar-refractivity contribution in [3.05, 3.63) is 122 Å². The van der Waals surface area contributed by atoms with Gasteiger partial charge in [0.2, 0.25) is 5.75 Å². The van der Waals surface area contributed by atoms with Gasteiger partial charge in [-0.1, -0.05) is 36.4 Å². The lowest BCUT2D eigenvalue weighted by atomic mass is 9.85. The van der Waals surface area contributed by atoms with Gasteiger partial charge in [-0.15, -0.1) is 0 Å². The van der Waals surface area contributed by atoms with E-state index in [1.807, 2.05) is 88.6 Å². The van der Waals surface area contributed by atoms with Crippen LogP contribution in [0, 0.1) is 13.8 Å². The monoisotopic (exact) mass is 540 g/mol. The van der Waals surface area contributed by atoms with Gasteiger partial charge in [0.15, 0.2) is 11.5 Å². The normalized spacial score (nSPS) is 11.3. The molecule has 0 saturated heterocycles. The first kappa shape index (κ1) is 26.7. The second kappa shape index (κ2) is 10.3. The Morgan fingerprint density at radius 2 is 1.05 bits per heavy atom. The second-order valence-electron chi connectivity index (χ2n) is 9.66. The first-order valence-electron chi connectivity index (χ1n) is 12.8. The molecule has 9 nitrogen and oxygen atoms in total. The summed E-state index contributed by atoms with van der Waals surface area (Å²) in [6.07, 6.45) is 0. The molecule has 5 rings (SSSR count). The van der Waals surface area contributed by atoms with Crippen LogP contribution in [0.15, 0.2) is 82.4 Å². The zero-order chi connectivity index (χ0) is 28.7. The van der Waals surface area contributed by atoms with E-state index in [4.69, 9.17) is 9.47 Å². The SMILES string of the molecule is COc1cc(C(c2c(C)n(C)n(-c3ccccc3)c2=O)c2c(C)n(C)n(-c3ccccc3)c2=O)cc(OC)c1O. The van der Waals surface area contributed by atoms with Crippen LogP contribution in [0.5, 0.6) is 17.2 Å². The highest BCUT2D eigenvalue weighted by molar-refractivity contribution is 5.57. The molecule has 2 aromatic heterocycles. The van der Waals surface area contributed by atoms with Crippen LogP contribution >= 0.6 is 0 Å². The van der Waals surface area contributed by atoms with Gasteiger partial charge in [0.1, 0.15) is 0 Å². The third kappa shape index (κ3) is 4.10. The van der Waals surface area contributed by atoms with Gasteiger partial charge in [-0.05, 0) is 55.8 Å². The van der Waals surface area contributed by atoms with Crippen LogP contribution in [-0.2, 0) is 14.1 Å². The summed E-state index contributed by atoms with van der Waals surface area (Å²) in [5.74, 6) is -0.609. The third-order valence-corrected chi connectivity index (χ3v) is 7.61. The number of phenols is 1. The topological polar surface area (TPSA) is 92.5 Å². The predicted octanol–water partition coefficient (Wildman–Crippen LogP) is 4.19. The molecule has 5 aromatic rings. The summed E-state index contributed by atoms with van der Waals surface area (Å²) < 4.78 is 17.7. The maximum absolute atomic E-state index is 14.3. The summed E-state index contributed by atoms with van der Waals surface area (Å²) in [5.41, 5.74) is 3.73. The number of aromatic hydroxyl groups is 1. The van der Waals surface area contributed by atoms with Crippen molar-refractivity contribution in [1.82, 2.24) is 18.7 Å². The van der Waals surface area contributed by atoms with Crippen molar-refractivity contribution in [2.24, 2.45) is 14.1 Å². The van der Waals surface area contributed by atoms with Crippen LogP contribution in [0.3, 0.4) is 0 Å². The number of benzene rings is 3. The molecule has 0 aliphatic carbocycles. The fraction of sp³-hybridized carbons (Fsp3) is 0.226. The predicted molar refractivity (Wildman–Crippen MR) is 154 cm³/mol. The molecule has 0 aliphatic rings. The smallest absolute Gasteiger partial charge is 0.275 e. The van der Waals surface area contributed by atoms with Crippen molar-refractivity contribution in [3.8, 4) is 28.6 Å². The molecular weight excluding hydrogens is 508 g/mol. The zero-order valence-electron chi connectivity index (χ0n) is 23.4. The number of methoxy groups -OCH3 is 2. The Morgan fingerprint density at radius 3 is 1.40 bits per heavy atom. The zero-order valence-corrected chi connectivity index (χ0v) is 23.4. The fourth-order valence-electron chi connectivity index (χ4n) is 5.40. The third-order valence-electron chi connectivity index (χ3n) is 7.61. The molecule has 1 N–H and O–H groups in total. The van der Waals surface area contributed by atoms with Crippen LogP contribution in [0.4, 0.5) is 0 Å². The van der Waals surface area contributed by atoms with Crippen LogP contribution in [0.25, 0.3) is 11.4 Å². The Labute approximate surface area is 231 Å². The lowest BCUT2D eigenvalue weighted by Crippen LogP contribution is -2.26. The Hall–Kier alpha value is -4.92. The van der Waals surface area contributed by atoms with Crippen molar-refractivity contribution in [1.29, 1.82) is 0 Å². The van der Waals surface area contributed by atoms with Crippen LogP contribution in [-0.4, -0.2) is 38.1 Å². The van der Waals surface area contributed by atoms with E-state index < -0.39 is 5.92 Å². The highest BCUT2D eigenvalue weighted by Gasteiger charge is 2.34. The number of aromatic nitrogens is 4. The number of phenolic OH excluding ortho intramolecular Hbond substituents is 1. The van der Waals surface area contributed by atoms with E-state index in [1.165, 1.54) is 14.2 Å². The van der Waals surface area contributed by atoms with E-state index >= 15 is 0 Å². The summed E-state index contributed by atoms with van der Waals surface area (Å²) in [6.45, 7) is 3.73. The second-order valence-corrected chi connectivity index (χ2v) is 9.66. The molecule has 0 aliphatic heterocycles. The Bertz CT molecular complexity index is 1680. The van der Waals surface area contributed by atoms with Gasteiger partial charge < -0.3 is 14.6 Å². The van der Waals surface area contributed by atoms with Crippen molar-refractivity contribution >= 4 is 0 Å². The van der Waals surface area contributed by atoms with Gasteiger partial charge in [-0.2, -0.15) is 0 Å². The van der Waals surface area contributed by atoms with Gasteiger partial charge in [-0.3, -0.25) is 19.0 Å². The minimum Gasteiger partial charge on any atom is -0.502 e. The minimum atomic E-state index is -0.796. The quantitative estimate of drug-likeness (QED) is 0.334. The summed E-state index contributed by atoms with van der Waals surface area (Å²) in [7, 11) is 6.53. The number of rotatable bonds is 7. The van der Waals surface area contributed by atoms with Crippen LogP contribution in [0.2, 0.25) is 0 Å². The lowest BCUT2D eigenvalue weighted by molar-refractivity contribution is 0.339. The first-order chi connectivity index (χ1) is 19.2.